The van der Waals surface area contributed by atoms with Crippen molar-refractivity contribution in [2.24, 2.45) is 4.99 Å². The van der Waals surface area contributed by atoms with Gasteiger partial charge in [-0.2, -0.15) is 0 Å². The number of aliphatic imine (C=N–C) groups is 1. The number of allylic oxidation sites excluding steroid dienone is 8. The van der Waals surface area contributed by atoms with E-state index in [0.717, 1.165) is 23.1 Å². The summed E-state index contributed by atoms with van der Waals surface area (Å²) in [6.07, 6.45) is 16.2. The summed E-state index contributed by atoms with van der Waals surface area (Å²) in [7, 11) is 1.66. The van der Waals surface area contributed by atoms with Gasteiger partial charge < -0.3 is 10.4 Å². The number of nitrogens with zero attached hydrogens (tertiary/aromatic N) is 1. The Hall–Kier alpha value is -1.89. The normalized spacial score (nSPS) is 19.7. The summed E-state index contributed by atoms with van der Waals surface area (Å²) < 4.78 is 23.7. The van der Waals surface area contributed by atoms with Crippen LogP contribution in [0.4, 0.5) is 8.78 Å². The minimum atomic E-state index is -1.82. The second kappa shape index (κ2) is 12.5. The van der Waals surface area contributed by atoms with Crippen LogP contribution in [0.2, 0.25) is 0 Å². The molecule has 0 aromatic carbocycles. The standard InChI is InChI=1S/C17H21FN2O.C2H2ClFO/c1-19-16(12-18)17(21)15-5-2-4-13(7-8-15)14-6-3-10-20-11-9-14;3-2(4)1-5/h2,4,6-11,16-17,19,21H,3,5,12H2,1H3;1-2H. The molecule has 0 saturated heterocycles. The van der Waals surface area contributed by atoms with Gasteiger partial charge in [0.25, 0.3) is 0 Å². The Morgan fingerprint density at radius 3 is 2.73 bits per heavy atom. The minimum absolute atomic E-state index is 0.0154. The molecule has 26 heavy (non-hydrogen) atoms. The predicted molar refractivity (Wildman–Crippen MR) is 102 cm³/mol. The molecule has 2 rings (SSSR count). The summed E-state index contributed by atoms with van der Waals surface area (Å²) in [5, 5.41) is 13.0. The fourth-order valence-corrected chi connectivity index (χ4v) is 2.34. The highest BCUT2D eigenvalue weighted by Crippen LogP contribution is 2.22. The van der Waals surface area contributed by atoms with Crippen LogP contribution in [0.1, 0.15) is 12.8 Å². The summed E-state index contributed by atoms with van der Waals surface area (Å²) >= 11 is 4.43. The second-order valence-corrected chi connectivity index (χ2v) is 5.89. The Morgan fingerprint density at radius 2 is 2.12 bits per heavy atom. The van der Waals surface area contributed by atoms with E-state index in [1.54, 1.807) is 13.2 Å². The van der Waals surface area contributed by atoms with Crippen LogP contribution in [0.5, 0.6) is 0 Å². The molecule has 1 heterocycles. The second-order valence-electron chi connectivity index (χ2n) is 5.48. The van der Waals surface area contributed by atoms with Crippen LogP contribution in [0.3, 0.4) is 0 Å². The highest BCUT2D eigenvalue weighted by molar-refractivity contribution is 6.26. The van der Waals surface area contributed by atoms with E-state index in [1.807, 2.05) is 36.6 Å². The SMILES string of the molecule is CNC(CF)C(O)C1=CC=C(C2=CCC=NC=C2)C=CC1.O=CC(F)Cl. The number of aliphatic hydroxyl groups excluding tert-OH is 1. The number of carbonyl (C=O) groups is 1. The number of aldehydes is 1. The lowest BCUT2D eigenvalue weighted by Crippen LogP contribution is -2.40. The van der Waals surface area contributed by atoms with Crippen molar-refractivity contribution >= 4 is 24.1 Å². The average Bonchev–Trinajstić information content (AvgIpc) is 3.06. The maximum Gasteiger partial charge on any atom is 0.228 e. The lowest BCUT2D eigenvalue weighted by Gasteiger charge is -2.21. The molecule has 0 saturated carbocycles. The van der Waals surface area contributed by atoms with E-state index in [1.165, 1.54) is 0 Å². The van der Waals surface area contributed by atoms with E-state index >= 15 is 0 Å². The van der Waals surface area contributed by atoms with Gasteiger partial charge >= 0.3 is 0 Å². The molecule has 0 aromatic rings. The largest absolute Gasteiger partial charge is 0.387 e. The summed E-state index contributed by atoms with van der Waals surface area (Å²) in [5.74, 6) is 0. The van der Waals surface area contributed by atoms with Gasteiger partial charge in [-0.25, -0.2) is 8.78 Å². The third-order valence-corrected chi connectivity index (χ3v) is 3.85. The van der Waals surface area contributed by atoms with Gasteiger partial charge in [-0.05, 0) is 36.3 Å². The number of carbonyl (C=O) groups excluding carboxylic acids is 1. The molecular formula is C19H23ClF2N2O2. The van der Waals surface area contributed by atoms with Gasteiger partial charge in [0.15, 0.2) is 6.29 Å². The predicted octanol–water partition coefficient (Wildman–Crippen LogP) is 3.35. The monoisotopic (exact) mass is 384 g/mol. The molecule has 0 amide bonds. The Balaban J connectivity index is 0.000000597. The first kappa shape index (κ1) is 22.2. The Morgan fingerprint density at radius 1 is 1.38 bits per heavy atom. The van der Waals surface area contributed by atoms with Crippen molar-refractivity contribution in [1.82, 2.24) is 5.32 Å². The van der Waals surface area contributed by atoms with Crippen molar-refractivity contribution < 1.29 is 18.7 Å². The van der Waals surface area contributed by atoms with Crippen molar-refractivity contribution in [3.63, 3.8) is 0 Å². The maximum atomic E-state index is 12.9. The van der Waals surface area contributed by atoms with Crippen molar-refractivity contribution in [3.05, 3.63) is 59.4 Å². The quantitative estimate of drug-likeness (QED) is 0.545. The van der Waals surface area contributed by atoms with Gasteiger partial charge in [0.05, 0.1) is 12.1 Å². The Bertz CT molecular complexity index is 633. The molecule has 0 bridgehead atoms. The fourth-order valence-electron chi connectivity index (χ4n) is 2.34. The summed E-state index contributed by atoms with van der Waals surface area (Å²) in [5.41, 5.74) is 1.16. The topological polar surface area (TPSA) is 61.7 Å². The van der Waals surface area contributed by atoms with Gasteiger partial charge in [-0.3, -0.25) is 9.79 Å². The summed E-state index contributed by atoms with van der Waals surface area (Å²) in [6.45, 7) is -0.597. The highest BCUT2D eigenvalue weighted by atomic mass is 35.5. The Labute approximate surface area is 157 Å². The van der Waals surface area contributed by atoms with E-state index in [4.69, 9.17) is 4.79 Å². The van der Waals surface area contributed by atoms with Gasteiger partial charge in [0.1, 0.15) is 6.67 Å². The zero-order valence-electron chi connectivity index (χ0n) is 14.5. The molecule has 0 spiro atoms. The van der Waals surface area contributed by atoms with Crippen molar-refractivity contribution in [3.8, 4) is 0 Å². The molecule has 1 aliphatic carbocycles. The number of halogens is 3. The van der Waals surface area contributed by atoms with Gasteiger partial charge in [0.2, 0.25) is 5.63 Å². The number of alkyl halides is 3. The molecular weight excluding hydrogens is 362 g/mol. The number of likely N-dealkylation sites (N-methyl/N-ethyl adjacent to an activating group) is 1. The average molecular weight is 385 g/mol. The number of nitrogens with one attached hydrogen (secondary N) is 1. The molecule has 142 valence electrons. The fraction of sp³-hybridized carbons (Fsp3) is 0.368. The van der Waals surface area contributed by atoms with Crippen LogP contribution in [0, 0.1) is 0 Å². The maximum absolute atomic E-state index is 12.9. The lowest BCUT2D eigenvalue weighted by molar-refractivity contribution is -0.109. The number of hydrogen-bond donors (Lipinski definition) is 2. The first-order chi connectivity index (χ1) is 12.5. The van der Waals surface area contributed by atoms with Crippen LogP contribution in [0.15, 0.2) is 64.4 Å². The number of hydrogen-bond acceptors (Lipinski definition) is 4. The molecule has 0 fully saturated rings. The van der Waals surface area contributed by atoms with E-state index in [9.17, 15) is 13.9 Å². The molecule has 4 nitrogen and oxygen atoms in total. The zero-order chi connectivity index (χ0) is 19.4. The molecule has 3 unspecified atom stereocenters. The van der Waals surface area contributed by atoms with Crippen LogP contribution >= 0.6 is 11.6 Å². The molecule has 3 atom stereocenters. The summed E-state index contributed by atoms with van der Waals surface area (Å²) in [6, 6.07) is -0.565. The van der Waals surface area contributed by atoms with Crippen LogP contribution in [-0.2, 0) is 4.79 Å². The molecule has 7 heteroatoms. The van der Waals surface area contributed by atoms with Crippen LogP contribution in [0.25, 0.3) is 0 Å². The van der Waals surface area contributed by atoms with Crippen molar-refractivity contribution in [2.75, 3.05) is 13.7 Å². The number of aliphatic hydroxyl groups is 1. The third-order valence-electron chi connectivity index (χ3n) is 3.75. The first-order valence-corrected chi connectivity index (χ1v) is 8.57. The van der Waals surface area contributed by atoms with Crippen LogP contribution < -0.4 is 5.32 Å². The smallest absolute Gasteiger partial charge is 0.228 e. The molecule has 2 aliphatic rings. The Kier molecular flexibility index (Phi) is 10.6. The summed E-state index contributed by atoms with van der Waals surface area (Å²) in [4.78, 5) is 13.1. The van der Waals surface area contributed by atoms with Crippen LogP contribution in [-0.4, -0.2) is 49.1 Å². The molecule has 1 aliphatic heterocycles. The molecule has 0 aromatic heterocycles. The third kappa shape index (κ3) is 7.56. The lowest BCUT2D eigenvalue weighted by atomic mass is 10.00. The molecule has 2 N–H and O–H groups in total. The van der Waals surface area contributed by atoms with E-state index in [-0.39, 0.29) is 6.29 Å². The minimum Gasteiger partial charge on any atom is -0.387 e. The zero-order valence-corrected chi connectivity index (χ0v) is 15.2. The highest BCUT2D eigenvalue weighted by Gasteiger charge is 2.20. The van der Waals surface area contributed by atoms with Gasteiger partial charge in [-0.15, -0.1) is 0 Å². The van der Waals surface area contributed by atoms with E-state index in [0.29, 0.717) is 6.42 Å². The van der Waals surface area contributed by atoms with Crippen molar-refractivity contribution in [2.45, 2.75) is 30.6 Å². The van der Waals surface area contributed by atoms with E-state index in [2.05, 4.69) is 28.0 Å². The molecule has 0 radical (unpaired) electrons. The van der Waals surface area contributed by atoms with Crippen molar-refractivity contribution in [1.29, 1.82) is 0 Å². The van der Waals surface area contributed by atoms with E-state index < -0.39 is 24.5 Å². The first-order valence-electron chi connectivity index (χ1n) is 8.14. The number of rotatable bonds is 6. The van der Waals surface area contributed by atoms with Gasteiger partial charge in [-0.1, -0.05) is 42.0 Å². The van der Waals surface area contributed by atoms with Gasteiger partial charge in [0, 0.05) is 18.8 Å².